The Bertz CT molecular complexity index is 667. The van der Waals surface area contributed by atoms with Gasteiger partial charge in [-0.2, -0.15) is 0 Å². The Labute approximate surface area is 135 Å². The molecule has 2 heterocycles. The molecule has 0 unspecified atom stereocenters. The standard InChI is InChI=1S/C15H18N4O2.ClH/c1-4-21-14(16)6-5-12-7-13(20-3)15(17-8-12)19-9-11(2)18-10-19;/h5-10,16H,4H2,1-3H3;1H/b6-5+,16-14?;. The van der Waals surface area contributed by atoms with Gasteiger partial charge in [0.15, 0.2) is 11.6 Å². The maximum Gasteiger partial charge on any atom is 0.205 e. The number of aromatic nitrogens is 3. The smallest absolute Gasteiger partial charge is 0.205 e. The topological polar surface area (TPSA) is 73.0 Å². The van der Waals surface area contributed by atoms with Crippen molar-refractivity contribution in [2.45, 2.75) is 13.8 Å². The maximum atomic E-state index is 7.54. The van der Waals surface area contributed by atoms with Gasteiger partial charge < -0.3 is 9.47 Å². The lowest BCUT2D eigenvalue weighted by Crippen LogP contribution is -2.00. The SMILES string of the molecule is CCOC(=N)/C=C/c1cnc(-n2cnc(C)c2)c(OC)c1.Cl. The van der Waals surface area contributed by atoms with Gasteiger partial charge in [0.1, 0.15) is 6.33 Å². The van der Waals surface area contributed by atoms with Gasteiger partial charge in [-0.15, -0.1) is 12.4 Å². The zero-order valence-electron chi connectivity index (χ0n) is 12.7. The number of pyridine rings is 1. The highest BCUT2D eigenvalue weighted by Crippen LogP contribution is 2.22. The van der Waals surface area contributed by atoms with Gasteiger partial charge in [-0.05, 0) is 31.6 Å². The molecule has 0 radical (unpaired) electrons. The molecule has 0 saturated carbocycles. The first kappa shape index (κ1) is 17.7. The number of nitrogens with one attached hydrogen (secondary N) is 1. The number of hydrogen-bond donors (Lipinski definition) is 1. The van der Waals surface area contributed by atoms with Gasteiger partial charge >= 0.3 is 0 Å². The van der Waals surface area contributed by atoms with Crippen LogP contribution in [0.3, 0.4) is 0 Å². The molecule has 0 fully saturated rings. The monoisotopic (exact) mass is 322 g/mol. The summed E-state index contributed by atoms with van der Waals surface area (Å²) in [5.74, 6) is 1.43. The Hall–Kier alpha value is -2.34. The number of hydrogen-bond acceptors (Lipinski definition) is 5. The summed E-state index contributed by atoms with van der Waals surface area (Å²) in [5.41, 5.74) is 1.74. The number of nitrogens with zero attached hydrogens (tertiary/aromatic N) is 3. The minimum absolute atomic E-state index is 0. The number of methoxy groups -OCH3 is 1. The number of rotatable bonds is 5. The van der Waals surface area contributed by atoms with Gasteiger partial charge in [0.25, 0.3) is 0 Å². The highest BCUT2D eigenvalue weighted by atomic mass is 35.5. The third-order valence-electron chi connectivity index (χ3n) is 2.76. The van der Waals surface area contributed by atoms with Crippen molar-refractivity contribution < 1.29 is 9.47 Å². The Morgan fingerprint density at radius 2 is 2.18 bits per heavy atom. The van der Waals surface area contributed by atoms with E-state index in [4.69, 9.17) is 14.9 Å². The average Bonchev–Trinajstić information content (AvgIpc) is 2.91. The number of ether oxygens (including phenoxy) is 2. The molecule has 0 atom stereocenters. The molecule has 0 bridgehead atoms. The van der Waals surface area contributed by atoms with Gasteiger partial charge in [0.05, 0.1) is 19.4 Å². The molecule has 0 aliphatic carbocycles. The van der Waals surface area contributed by atoms with Crippen LogP contribution < -0.4 is 4.74 Å². The predicted molar refractivity (Wildman–Crippen MR) is 88.3 cm³/mol. The summed E-state index contributed by atoms with van der Waals surface area (Å²) in [6, 6.07) is 1.85. The normalized spacial score (nSPS) is 10.3. The minimum atomic E-state index is 0. The molecular formula is C15H19ClN4O2. The molecule has 0 amide bonds. The van der Waals surface area contributed by atoms with Gasteiger partial charge in [-0.1, -0.05) is 0 Å². The molecular weight excluding hydrogens is 304 g/mol. The van der Waals surface area contributed by atoms with Crippen LogP contribution in [0, 0.1) is 12.3 Å². The van der Waals surface area contributed by atoms with Crippen LogP contribution in [0.5, 0.6) is 5.75 Å². The van der Waals surface area contributed by atoms with E-state index in [1.54, 1.807) is 31.8 Å². The first-order chi connectivity index (χ1) is 10.1. The molecule has 0 saturated heterocycles. The maximum absolute atomic E-state index is 7.54. The van der Waals surface area contributed by atoms with Crippen LogP contribution in [0.15, 0.2) is 30.9 Å². The number of halogens is 1. The lowest BCUT2D eigenvalue weighted by Gasteiger charge is -2.08. The van der Waals surface area contributed by atoms with E-state index in [0.29, 0.717) is 18.2 Å². The molecule has 0 aromatic carbocycles. The van der Waals surface area contributed by atoms with E-state index in [0.717, 1.165) is 11.3 Å². The fourth-order valence-corrected chi connectivity index (χ4v) is 1.80. The summed E-state index contributed by atoms with van der Waals surface area (Å²) in [6.07, 6.45) is 8.63. The van der Waals surface area contributed by atoms with Crippen LogP contribution in [0.4, 0.5) is 0 Å². The molecule has 1 N–H and O–H groups in total. The fraction of sp³-hybridized carbons (Fsp3) is 0.267. The summed E-state index contributed by atoms with van der Waals surface area (Å²) in [4.78, 5) is 8.57. The Balaban J connectivity index is 0.00000242. The van der Waals surface area contributed by atoms with Gasteiger partial charge in [0, 0.05) is 18.5 Å². The lowest BCUT2D eigenvalue weighted by atomic mass is 10.2. The summed E-state index contributed by atoms with van der Waals surface area (Å²) in [6.45, 7) is 4.23. The quantitative estimate of drug-likeness (QED) is 0.678. The van der Waals surface area contributed by atoms with Crippen LogP contribution in [-0.2, 0) is 4.74 Å². The van der Waals surface area contributed by atoms with Crippen molar-refractivity contribution in [1.29, 1.82) is 5.41 Å². The van der Waals surface area contributed by atoms with Crippen LogP contribution in [0.2, 0.25) is 0 Å². The lowest BCUT2D eigenvalue weighted by molar-refractivity contribution is 0.327. The second-order valence-corrected chi connectivity index (χ2v) is 4.35. The van der Waals surface area contributed by atoms with E-state index < -0.39 is 0 Å². The molecule has 6 nitrogen and oxygen atoms in total. The zero-order valence-corrected chi connectivity index (χ0v) is 13.6. The summed E-state index contributed by atoms with van der Waals surface area (Å²) >= 11 is 0. The van der Waals surface area contributed by atoms with Crippen LogP contribution in [0.1, 0.15) is 18.2 Å². The van der Waals surface area contributed by atoms with Gasteiger partial charge in [0.2, 0.25) is 5.90 Å². The van der Waals surface area contributed by atoms with E-state index in [-0.39, 0.29) is 18.3 Å². The Morgan fingerprint density at radius 3 is 2.77 bits per heavy atom. The summed E-state index contributed by atoms with van der Waals surface area (Å²) in [7, 11) is 1.60. The van der Waals surface area contributed by atoms with Crippen molar-refractivity contribution >= 4 is 24.4 Å². The molecule has 0 aliphatic rings. The predicted octanol–water partition coefficient (Wildman–Crippen LogP) is 3.03. The van der Waals surface area contributed by atoms with Crippen molar-refractivity contribution in [2.24, 2.45) is 0 Å². The molecule has 0 spiro atoms. The Morgan fingerprint density at radius 1 is 1.41 bits per heavy atom. The number of imidazole rings is 1. The zero-order chi connectivity index (χ0) is 15.2. The highest BCUT2D eigenvalue weighted by Gasteiger charge is 2.08. The van der Waals surface area contributed by atoms with Crippen molar-refractivity contribution in [3.63, 3.8) is 0 Å². The summed E-state index contributed by atoms with van der Waals surface area (Å²) < 4.78 is 12.2. The second-order valence-electron chi connectivity index (χ2n) is 4.35. The molecule has 118 valence electrons. The van der Waals surface area contributed by atoms with E-state index in [1.807, 2.05) is 30.7 Å². The van der Waals surface area contributed by atoms with Crippen molar-refractivity contribution in [2.75, 3.05) is 13.7 Å². The van der Waals surface area contributed by atoms with Gasteiger partial charge in [-0.3, -0.25) is 9.98 Å². The van der Waals surface area contributed by atoms with Gasteiger partial charge in [-0.25, -0.2) is 9.97 Å². The summed E-state index contributed by atoms with van der Waals surface area (Å²) in [5, 5.41) is 7.54. The van der Waals surface area contributed by atoms with Crippen molar-refractivity contribution in [3.8, 4) is 11.6 Å². The fourth-order valence-electron chi connectivity index (χ4n) is 1.80. The van der Waals surface area contributed by atoms with E-state index in [9.17, 15) is 0 Å². The molecule has 2 rings (SSSR count). The average molecular weight is 323 g/mol. The third-order valence-corrected chi connectivity index (χ3v) is 2.76. The first-order valence-electron chi connectivity index (χ1n) is 6.58. The minimum Gasteiger partial charge on any atom is -0.493 e. The largest absolute Gasteiger partial charge is 0.493 e. The number of aryl methyl sites for hydroxylation is 1. The molecule has 2 aromatic heterocycles. The van der Waals surface area contributed by atoms with Crippen LogP contribution in [-0.4, -0.2) is 34.1 Å². The van der Waals surface area contributed by atoms with Crippen molar-refractivity contribution in [1.82, 2.24) is 14.5 Å². The molecule has 7 heteroatoms. The van der Waals surface area contributed by atoms with E-state index in [1.165, 1.54) is 0 Å². The van der Waals surface area contributed by atoms with E-state index in [2.05, 4.69) is 9.97 Å². The second kappa shape index (κ2) is 8.19. The van der Waals surface area contributed by atoms with Crippen molar-refractivity contribution in [3.05, 3.63) is 42.1 Å². The van der Waals surface area contributed by atoms with Crippen LogP contribution in [0.25, 0.3) is 11.9 Å². The third kappa shape index (κ3) is 4.33. The molecule has 0 aliphatic heterocycles. The van der Waals surface area contributed by atoms with Crippen LogP contribution >= 0.6 is 12.4 Å². The van der Waals surface area contributed by atoms with E-state index >= 15 is 0 Å². The molecule has 22 heavy (non-hydrogen) atoms. The Kier molecular flexibility index (Phi) is 6.59. The first-order valence-corrected chi connectivity index (χ1v) is 6.58. The highest BCUT2D eigenvalue weighted by molar-refractivity contribution is 5.89. The molecule has 2 aromatic rings.